The zero-order valence-corrected chi connectivity index (χ0v) is 20.3. The summed E-state index contributed by atoms with van der Waals surface area (Å²) in [6.07, 6.45) is 0.650. The van der Waals surface area contributed by atoms with Crippen LogP contribution < -0.4 is 5.32 Å². The lowest BCUT2D eigenvalue weighted by Crippen LogP contribution is -2.24. The number of methoxy groups -OCH3 is 1. The predicted octanol–water partition coefficient (Wildman–Crippen LogP) is 6.31. The molecule has 0 saturated carbocycles. The quantitative estimate of drug-likeness (QED) is 0.288. The standard InChI is InChI=1S/C13H17NO3.C11H10F3N.C2H6/c1-10-5-7-11(8-6-10)13(16)14-9-3-4-12(15)17-2;1-8(6-9(2)11(12,13)14)10-4-3-5-15-7-10;1-2/h5-8H,3-4,9H2,1-2H3,(H,14,16);3-7H,1H2,2H3;1-2H3/b;9-6+;. The van der Waals surface area contributed by atoms with E-state index in [0.29, 0.717) is 36.1 Å². The highest BCUT2D eigenvalue weighted by Gasteiger charge is 2.29. The monoisotopic (exact) mass is 478 g/mol. The molecule has 2 rings (SSSR count). The SMILES string of the molecule is C=C(/C=C(\C)C(F)(F)F)c1cccnc1.CC.COC(=O)CCCNC(=O)c1ccc(C)cc1. The third kappa shape index (κ3) is 12.6. The largest absolute Gasteiger partial charge is 0.469 e. The number of halogens is 3. The zero-order chi connectivity index (χ0) is 26.1. The van der Waals surface area contributed by atoms with Crippen LogP contribution in [0.25, 0.3) is 5.57 Å². The van der Waals surface area contributed by atoms with Gasteiger partial charge in [-0.15, -0.1) is 0 Å². The number of nitrogens with zero attached hydrogens (tertiary/aromatic N) is 1. The molecule has 0 spiro atoms. The van der Waals surface area contributed by atoms with Gasteiger partial charge in [-0.3, -0.25) is 14.6 Å². The van der Waals surface area contributed by atoms with E-state index in [4.69, 9.17) is 0 Å². The number of allylic oxidation sites excluding steroid dienone is 3. The molecule has 5 nitrogen and oxygen atoms in total. The second kappa shape index (κ2) is 16.2. The van der Waals surface area contributed by atoms with Crippen molar-refractivity contribution in [1.29, 1.82) is 0 Å². The summed E-state index contributed by atoms with van der Waals surface area (Å²) in [7, 11) is 1.35. The fourth-order valence-corrected chi connectivity index (χ4v) is 2.32. The number of benzene rings is 1. The number of ether oxygens (including phenoxy) is 1. The first-order valence-electron chi connectivity index (χ1n) is 10.8. The maximum Gasteiger partial charge on any atom is 0.412 e. The third-order valence-electron chi connectivity index (χ3n) is 4.25. The van der Waals surface area contributed by atoms with E-state index in [1.807, 2.05) is 32.9 Å². The molecular formula is C26H33F3N2O3. The number of hydrogen-bond acceptors (Lipinski definition) is 4. The number of aromatic nitrogens is 1. The lowest BCUT2D eigenvalue weighted by atomic mass is 10.1. The maximum atomic E-state index is 12.2. The van der Waals surface area contributed by atoms with Gasteiger partial charge in [-0.05, 0) is 55.7 Å². The van der Waals surface area contributed by atoms with E-state index in [-0.39, 0.29) is 11.9 Å². The van der Waals surface area contributed by atoms with Gasteiger partial charge >= 0.3 is 12.1 Å². The molecule has 0 fully saturated rings. The van der Waals surface area contributed by atoms with Crippen molar-refractivity contribution in [2.45, 2.75) is 46.7 Å². The van der Waals surface area contributed by atoms with Crippen LogP contribution in [-0.2, 0) is 9.53 Å². The number of rotatable bonds is 7. The van der Waals surface area contributed by atoms with Crippen molar-refractivity contribution in [3.05, 3.63) is 83.7 Å². The Balaban J connectivity index is 0.000000601. The normalized spacial score (nSPS) is 10.6. The van der Waals surface area contributed by atoms with Crippen molar-refractivity contribution >= 4 is 17.4 Å². The Bertz CT molecular complexity index is 923. The number of carbonyl (C=O) groups excluding carboxylic acids is 2. The van der Waals surface area contributed by atoms with Gasteiger partial charge in [-0.25, -0.2) is 0 Å². The van der Waals surface area contributed by atoms with Gasteiger partial charge in [-0.1, -0.05) is 44.2 Å². The Morgan fingerprint density at radius 2 is 1.74 bits per heavy atom. The third-order valence-corrected chi connectivity index (χ3v) is 4.25. The van der Waals surface area contributed by atoms with Crippen molar-refractivity contribution in [1.82, 2.24) is 10.3 Å². The molecule has 0 radical (unpaired) electrons. The summed E-state index contributed by atoms with van der Waals surface area (Å²) in [5.74, 6) is -0.371. The lowest BCUT2D eigenvalue weighted by Gasteiger charge is -2.07. The average molecular weight is 479 g/mol. The van der Waals surface area contributed by atoms with Crippen LogP contribution in [0, 0.1) is 6.92 Å². The van der Waals surface area contributed by atoms with E-state index in [2.05, 4.69) is 21.6 Å². The summed E-state index contributed by atoms with van der Waals surface area (Å²) in [6, 6.07) is 10.7. The van der Waals surface area contributed by atoms with Crippen molar-refractivity contribution in [3.8, 4) is 0 Å². The number of carbonyl (C=O) groups is 2. The molecule has 0 aliphatic rings. The van der Waals surface area contributed by atoms with E-state index in [1.54, 1.807) is 30.5 Å². The Morgan fingerprint density at radius 3 is 2.24 bits per heavy atom. The Kier molecular flexibility index (Phi) is 14.6. The Morgan fingerprint density at radius 1 is 1.12 bits per heavy atom. The number of pyridine rings is 1. The van der Waals surface area contributed by atoms with Crippen LogP contribution in [0.5, 0.6) is 0 Å². The summed E-state index contributed by atoms with van der Waals surface area (Å²) < 4.78 is 41.1. The van der Waals surface area contributed by atoms with Crippen LogP contribution in [0.15, 0.2) is 67.0 Å². The highest BCUT2D eigenvalue weighted by atomic mass is 19.4. The molecule has 0 bridgehead atoms. The number of aryl methyl sites for hydroxylation is 1. The summed E-state index contributed by atoms with van der Waals surface area (Å²) in [5, 5.41) is 2.75. The highest BCUT2D eigenvalue weighted by molar-refractivity contribution is 5.94. The van der Waals surface area contributed by atoms with Crippen LogP contribution in [0.1, 0.15) is 55.1 Å². The van der Waals surface area contributed by atoms with Crippen molar-refractivity contribution in [2.75, 3.05) is 13.7 Å². The summed E-state index contributed by atoms with van der Waals surface area (Å²) >= 11 is 0. The molecule has 186 valence electrons. The molecule has 2 aromatic rings. The molecule has 0 unspecified atom stereocenters. The first-order valence-corrected chi connectivity index (χ1v) is 10.8. The van der Waals surface area contributed by atoms with Crippen molar-refractivity contribution in [2.24, 2.45) is 0 Å². The highest BCUT2D eigenvalue weighted by Crippen LogP contribution is 2.27. The van der Waals surface area contributed by atoms with Crippen molar-refractivity contribution < 1.29 is 27.5 Å². The minimum Gasteiger partial charge on any atom is -0.469 e. The van der Waals surface area contributed by atoms with E-state index in [9.17, 15) is 22.8 Å². The minimum absolute atomic E-state index is 0.116. The second-order valence-corrected chi connectivity index (χ2v) is 6.89. The zero-order valence-electron chi connectivity index (χ0n) is 20.3. The van der Waals surface area contributed by atoms with Crippen LogP contribution in [0.4, 0.5) is 13.2 Å². The minimum atomic E-state index is -4.30. The fraction of sp³-hybridized carbons (Fsp3) is 0.346. The number of esters is 1. The van der Waals surface area contributed by atoms with Gasteiger partial charge in [0.1, 0.15) is 0 Å². The van der Waals surface area contributed by atoms with E-state index in [1.165, 1.54) is 13.3 Å². The molecule has 0 aliphatic heterocycles. The molecule has 1 amide bonds. The van der Waals surface area contributed by atoms with Crippen LogP contribution >= 0.6 is 0 Å². The van der Waals surface area contributed by atoms with Crippen molar-refractivity contribution in [3.63, 3.8) is 0 Å². The van der Waals surface area contributed by atoms with Gasteiger partial charge in [0.15, 0.2) is 0 Å². The molecule has 34 heavy (non-hydrogen) atoms. The predicted molar refractivity (Wildman–Crippen MR) is 129 cm³/mol. The van der Waals surface area contributed by atoms with Crippen LogP contribution in [0.2, 0.25) is 0 Å². The molecular weight excluding hydrogens is 445 g/mol. The first kappa shape index (κ1) is 30.6. The number of hydrogen-bond donors (Lipinski definition) is 1. The molecule has 0 saturated heterocycles. The van der Waals surface area contributed by atoms with Gasteiger partial charge in [0, 0.05) is 36.5 Å². The van der Waals surface area contributed by atoms with E-state index >= 15 is 0 Å². The molecule has 0 atom stereocenters. The summed E-state index contributed by atoms with van der Waals surface area (Å²) in [6.45, 7) is 11.0. The first-order chi connectivity index (χ1) is 16.0. The molecule has 8 heteroatoms. The Labute approximate surface area is 199 Å². The number of nitrogens with one attached hydrogen (secondary N) is 1. The molecule has 1 N–H and O–H groups in total. The Hall–Kier alpha value is -3.42. The molecule has 1 heterocycles. The van der Waals surface area contributed by atoms with E-state index in [0.717, 1.165) is 18.6 Å². The van der Waals surface area contributed by atoms with Gasteiger partial charge in [0.2, 0.25) is 0 Å². The van der Waals surface area contributed by atoms with Crippen LogP contribution in [0.3, 0.4) is 0 Å². The number of amides is 1. The maximum absolute atomic E-state index is 12.2. The summed E-state index contributed by atoms with van der Waals surface area (Å²) in [4.78, 5) is 26.3. The molecule has 0 aliphatic carbocycles. The number of alkyl halides is 3. The van der Waals surface area contributed by atoms with Gasteiger partial charge < -0.3 is 10.1 Å². The smallest absolute Gasteiger partial charge is 0.412 e. The van der Waals surface area contributed by atoms with Gasteiger partial charge in [0.05, 0.1) is 7.11 Å². The van der Waals surface area contributed by atoms with E-state index < -0.39 is 11.7 Å². The fourth-order valence-electron chi connectivity index (χ4n) is 2.32. The lowest BCUT2D eigenvalue weighted by molar-refractivity contribution is -0.140. The van der Waals surface area contributed by atoms with Crippen LogP contribution in [-0.4, -0.2) is 36.7 Å². The summed E-state index contributed by atoms with van der Waals surface area (Å²) in [5.41, 5.74) is 1.97. The molecule has 1 aromatic heterocycles. The topological polar surface area (TPSA) is 68.3 Å². The second-order valence-electron chi connectivity index (χ2n) is 6.89. The van der Waals surface area contributed by atoms with Gasteiger partial charge in [-0.2, -0.15) is 13.2 Å². The average Bonchev–Trinajstić information content (AvgIpc) is 2.83. The molecule has 1 aromatic carbocycles. The van der Waals surface area contributed by atoms with Gasteiger partial charge in [0.25, 0.3) is 5.91 Å².